The topological polar surface area (TPSA) is 50.2 Å². The van der Waals surface area contributed by atoms with Gasteiger partial charge in [-0.25, -0.2) is 4.98 Å². The Labute approximate surface area is 148 Å². The lowest BCUT2D eigenvalue weighted by molar-refractivity contribution is -0.125. The maximum atomic E-state index is 12.4. The number of imidazole rings is 1. The number of aryl methyl sites for hydroxylation is 1. The second-order valence-electron chi connectivity index (χ2n) is 6.37. The molecular weight excluding hydrogens is 312 g/mol. The highest BCUT2D eigenvalue weighted by Gasteiger charge is 2.20. The highest BCUT2D eigenvalue weighted by atomic mass is 16.2. The van der Waals surface area contributed by atoms with Crippen LogP contribution < -0.4 is 5.32 Å². The summed E-state index contributed by atoms with van der Waals surface area (Å²) in [5.41, 5.74) is 3.18. The normalized spacial score (nSPS) is 12.5. The van der Waals surface area contributed by atoms with Crippen molar-refractivity contribution < 1.29 is 4.79 Å². The van der Waals surface area contributed by atoms with Gasteiger partial charge in [0.05, 0.1) is 23.6 Å². The van der Waals surface area contributed by atoms with E-state index in [1.807, 2.05) is 74.4 Å². The third-order valence-electron chi connectivity index (χ3n) is 4.62. The molecule has 0 radical (unpaired) electrons. The minimum absolute atomic E-state index is 0.0186. The van der Waals surface area contributed by atoms with Crippen molar-refractivity contribution >= 4 is 16.9 Å². The van der Waals surface area contributed by atoms with Crippen molar-refractivity contribution in [2.75, 3.05) is 7.05 Å². The average molecular weight is 336 g/mol. The van der Waals surface area contributed by atoms with E-state index in [0.29, 0.717) is 13.1 Å². The fourth-order valence-corrected chi connectivity index (χ4v) is 2.83. The number of fused-ring (bicyclic) bond motifs is 1. The van der Waals surface area contributed by atoms with Gasteiger partial charge in [-0.3, -0.25) is 9.69 Å². The van der Waals surface area contributed by atoms with Gasteiger partial charge in [0.25, 0.3) is 0 Å². The van der Waals surface area contributed by atoms with Crippen LogP contribution in [0.25, 0.3) is 11.0 Å². The lowest BCUT2D eigenvalue weighted by Crippen LogP contribution is -2.42. The molecule has 0 saturated carbocycles. The molecule has 1 heterocycles. The average Bonchev–Trinajstić information content (AvgIpc) is 2.96. The zero-order chi connectivity index (χ0) is 17.8. The molecular formula is C20H24N4O. The van der Waals surface area contributed by atoms with E-state index in [-0.39, 0.29) is 11.9 Å². The number of para-hydroxylation sites is 2. The number of nitrogens with zero attached hydrogens (tertiary/aromatic N) is 3. The molecule has 1 amide bonds. The summed E-state index contributed by atoms with van der Waals surface area (Å²) in [6.07, 6.45) is 0. The van der Waals surface area contributed by atoms with E-state index in [1.165, 1.54) is 0 Å². The number of benzene rings is 2. The van der Waals surface area contributed by atoms with Crippen molar-refractivity contribution in [1.29, 1.82) is 0 Å². The Balaban J connectivity index is 1.62. The number of hydrogen-bond acceptors (Lipinski definition) is 3. The number of carbonyl (C=O) groups is 1. The van der Waals surface area contributed by atoms with Crippen molar-refractivity contribution in [1.82, 2.24) is 19.8 Å². The summed E-state index contributed by atoms with van der Waals surface area (Å²) in [7, 11) is 3.96. The summed E-state index contributed by atoms with van der Waals surface area (Å²) in [5.74, 6) is 0.969. The molecule has 5 heteroatoms. The van der Waals surface area contributed by atoms with E-state index >= 15 is 0 Å². The summed E-state index contributed by atoms with van der Waals surface area (Å²) in [4.78, 5) is 19.1. The second-order valence-corrected chi connectivity index (χ2v) is 6.37. The Kier molecular flexibility index (Phi) is 5.14. The largest absolute Gasteiger partial charge is 0.351 e. The van der Waals surface area contributed by atoms with E-state index in [0.717, 1.165) is 22.4 Å². The Bertz CT molecular complexity index is 857. The minimum Gasteiger partial charge on any atom is -0.351 e. The highest BCUT2D eigenvalue weighted by molar-refractivity contribution is 5.81. The molecule has 5 nitrogen and oxygen atoms in total. The first-order chi connectivity index (χ1) is 12.1. The second kappa shape index (κ2) is 7.49. The number of amides is 1. The Morgan fingerprint density at radius 2 is 1.84 bits per heavy atom. The molecule has 0 unspecified atom stereocenters. The molecule has 25 heavy (non-hydrogen) atoms. The SMILES string of the molecule is C[C@@H](C(=O)NCc1ccccc1)N(C)Cc1nc2ccccc2n1C. The van der Waals surface area contributed by atoms with Gasteiger partial charge in [-0.15, -0.1) is 0 Å². The van der Waals surface area contributed by atoms with E-state index < -0.39 is 0 Å². The van der Waals surface area contributed by atoms with Gasteiger partial charge in [0.2, 0.25) is 5.91 Å². The summed E-state index contributed by atoms with van der Waals surface area (Å²) < 4.78 is 2.08. The molecule has 0 aliphatic rings. The summed E-state index contributed by atoms with van der Waals surface area (Å²) in [6, 6.07) is 17.8. The maximum absolute atomic E-state index is 12.4. The van der Waals surface area contributed by atoms with Crippen LogP contribution in [-0.4, -0.2) is 33.4 Å². The van der Waals surface area contributed by atoms with Crippen LogP contribution >= 0.6 is 0 Å². The van der Waals surface area contributed by atoms with Gasteiger partial charge in [-0.1, -0.05) is 42.5 Å². The highest BCUT2D eigenvalue weighted by Crippen LogP contribution is 2.16. The van der Waals surface area contributed by atoms with E-state index in [9.17, 15) is 4.79 Å². The van der Waals surface area contributed by atoms with Crippen LogP contribution in [0.15, 0.2) is 54.6 Å². The van der Waals surface area contributed by atoms with E-state index in [4.69, 9.17) is 0 Å². The molecule has 1 atom stereocenters. The van der Waals surface area contributed by atoms with Gasteiger partial charge in [-0.05, 0) is 31.7 Å². The van der Waals surface area contributed by atoms with E-state index in [2.05, 4.69) is 20.9 Å². The predicted molar refractivity (Wildman–Crippen MR) is 99.9 cm³/mol. The fourth-order valence-electron chi connectivity index (χ4n) is 2.83. The molecule has 3 rings (SSSR count). The van der Waals surface area contributed by atoms with Crippen molar-refractivity contribution in [3.8, 4) is 0 Å². The van der Waals surface area contributed by atoms with Crippen molar-refractivity contribution in [2.24, 2.45) is 7.05 Å². The molecule has 1 N–H and O–H groups in total. The smallest absolute Gasteiger partial charge is 0.237 e. The molecule has 2 aromatic carbocycles. The van der Waals surface area contributed by atoms with Gasteiger partial charge in [0, 0.05) is 13.6 Å². The first-order valence-corrected chi connectivity index (χ1v) is 8.48. The Hall–Kier alpha value is -2.66. The number of hydrogen-bond donors (Lipinski definition) is 1. The molecule has 0 aliphatic carbocycles. The lowest BCUT2D eigenvalue weighted by Gasteiger charge is -2.23. The van der Waals surface area contributed by atoms with Crippen LogP contribution in [0.4, 0.5) is 0 Å². The molecule has 3 aromatic rings. The number of carbonyl (C=O) groups excluding carboxylic acids is 1. The van der Waals surface area contributed by atoms with Crippen LogP contribution in [0, 0.1) is 0 Å². The monoisotopic (exact) mass is 336 g/mol. The quantitative estimate of drug-likeness (QED) is 0.753. The van der Waals surface area contributed by atoms with Crippen LogP contribution in [0.2, 0.25) is 0 Å². The third kappa shape index (κ3) is 3.88. The predicted octanol–water partition coefficient (Wildman–Crippen LogP) is 2.71. The van der Waals surface area contributed by atoms with Crippen LogP contribution in [0.3, 0.4) is 0 Å². The number of nitrogens with one attached hydrogen (secondary N) is 1. The summed E-state index contributed by atoms with van der Waals surface area (Å²) in [5, 5.41) is 3.00. The van der Waals surface area contributed by atoms with Crippen molar-refractivity contribution in [2.45, 2.75) is 26.1 Å². The fraction of sp³-hybridized carbons (Fsp3) is 0.300. The van der Waals surface area contributed by atoms with Crippen LogP contribution in [0.5, 0.6) is 0 Å². The molecule has 0 bridgehead atoms. The zero-order valence-corrected chi connectivity index (χ0v) is 14.9. The molecule has 1 aromatic heterocycles. The number of aromatic nitrogens is 2. The van der Waals surface area contributed by atoms with Gasteiger partial charge >= 0.3 is 0 Å². The maximum Gasteiger partial charge on any atom is 0.237 e. The molecule has 0 fully saturated rings. The molecule has 0 spiro atoms. The Morgan fingerprint density at radius 1 is 1.16 bits per heavy atom. The van der Waals surface area contributed by atoms with Gasteiger partial charge in [0.15, 0.2) is 0 Å². The first-order valence-electron chi connectivity index (χ1n) is 8.48. The van der Waals surface area contributed by atoms with Crippen molar-refractivity contribution in [3.05, 3.63) is 66.0 Å². The van der Waals surface area contributed by atoms with Gasteiger partial charge in [-0.2, -0.15) is 0 Å². The zero-order valence-electron chi connectivity index (χ0n) is 14.9. The standard InChI is InChI=1S/C20H24N4O/c1-15(20(25)21-13-16-9-5-4-6-10-16)23(2)14-19-22-17-11-7-8-12-18(17)24(19)3/h4-12,15H,13-14H2,1-3H3,(H,21,25)/t15-/m0/s1. The third-order valence-corrected chi connectivity index (χ3v) is 4.62. The Morgan fingerprint density at radius 3 is 2.56 bits per heavy atom. The minimum atomic E-state index is -0.233. The van der Waals surface area contributed by atoms with E-state index in [1.54, 1.807) is 0 Å². The summed E-state index contributed by atoms with van der Waals surface area (Å²) in [6.45, 7) is 3.08. The summed E-state index contributed by atoms with van der Waals surface area (Å²) >= 11 is 0. The van der Waals surface area contributed by atoms with Gasteiger partial charge < -0.3 is 9.88 Å². The van der Waals surface area contributed by atoms with Crippen molar-refractivity contribution in [3.63, 3.8) is 0 Å². The molecule has 130 valence electrons. The number of rotatable bonds is 6. The molecule has 0 saturated heterocycles. The number of likely N-dealkylation sites (N-methyl/N-ethyl adjacent to an activating group) is 1. The first kappa shape index (κ1) is 17.2. The molecule has 0 aliphatic heterocycles. The van der Waals surface area contributed by atoms with Crippen LogP contribution in [-0.2, 0) is 24.9 Å². The van der Waals surface area contributed by atoms with Gasteiger partial charge in [0.1, 0.15) is 5.82 Å². The van der Waals surface area contributed by atoms with Crippen LogP contribution in [0.1, 0.15) is 18.3 Å². The lowest BCUT2D eigenvalue weighted by atomic mass is 10.2.